The molecule has 3 aliphatic rings. The number of rotatable bonds is 13. The number of carbonyl (C=O) groups is 2. The molecule has 0 aromatic carbocycles. The Morgan fingerprint density at radius 2 is 1.70 bits per heavy atom. The van der Waals surface area contributed by atoms with Crippen molar-refractivity contribution in [3.8, 4) is 0 Å². The Morgan fingerprint density at radius 1 is 1.02 bits per heavy atom. The number of cyclic esters (lactones) is 1. The molecule has 1 aromatic heterocycles. The average Bonchev–Trinajstić information content (AvgIpc) is 3.73. The van der Waals surface area contributed by atoms with Crippen molar-refractivity contribution in [2.45, 2.75) is 198 Å². The Bertz CT molecular complexity index is 1560. The van der Waals surface area contributed by atoms with Crippen LogP contribution < -0.4 is 5.32 Å². The van der Waals surface area contributed by atoms with Gasteiger partial charge < -0.3 is 68.2 Å². The topological polar surface area (TPSA) is 211 Å². The van der Waals surface area contributed by atoms with E-state index in [1.807, 2.05) is 64.7 Å². The number of aliphatic hydroxyl groups excluding tert-OH is 2. The first-order valence-corrected chi connectivity index (χ1v) is 22.8. The predicted molar refractivity (Wildman–Crippen MR) is 233 cm³/mol. The Kier molecular flexibility index (Phi) is 19.0. The van der Waals surface area contributed by atoms with E-state index in [-0.39, 0.29) is 43.7 Å². The normalized spacial score (nSPS) is 42.9. The van der Waals surface area contributed by atoms with Crippen molar-refractivity contribution >= 4 is 11.9 Å². The highest BCUT2D eigenvalue weighted by Crippen LogP contribution is 2.40. The molecule has 3 aliphatic heterocycles. The van der Waals surface area contributed by atoms with Gasteiger partial charge in [-0.2, -0.15) is 0 Å². The van der Waals surface area contributed by atoms with Gasteiger partial charge in [-0.3, -0.25) is 14.5 Å². The van der Waals surface area contributed by atoms with Gasteiger partial charge in [0.1, 0.15) is 35.8 Å². The number of nitrogens with zero attached hydrogens (tertiary/aromatic N) is 2. The molecule has 0 unspecified atom stereocenters. The first-order chi connectivity index (χ1) is 29.4. The molecule has 4 heterocycles. The number of ether oxygens (including phenoxy) is 7. The van der Waals surface area contributed by atoms with E-state index in [9.17, 15) is 30.0 Å². The van der Waals surface area contributed by atoms with Crippen LogP contribution in [0.15, 0.2) is 22.8 Å². The third kappa shape index (κ3) is 13.2. The number of likely N-dealkylation sites (N-methyl/N-ethyl adjacent to an activating group) is 2. The number of methoxy groups -OCH3 is 1. The minimum Gasteiger partial charge on any atom is -0.468 e. The van der Waals surface area contributed by atoms with Crippen LogP contribution in [-0.2, 0) is 49.3 Å². The summed E-state index contributed by atoms with van der Waals surface area (Å²) in [4.78, 5) is 32.1. The maximum Gasteiger partial charge on any atom is 0.311 e. The molecule has 0 aliphatic carbocycles. The molecule has 0 radical (unpaired) electrons. The zero-order chi connectivity index (χ0) is 47.2. The van der Waals surface area contributed by atoms with E-state index in [2.05, 4.69) is 5.32 Å². The second-order valence-electron chi connectivity index (χ2n) is 19.6. The summed E-state index contributed by atoms with van der Waals surface area (Å²) in [5.74, 6) is -2.62. The molecule has 17 nitrogen and oxygen atoms in total. The molecule has 0 amide bonds. The van der Waals surface area contributed by atoms with Gasteiger partial charge in [0, 0.05) is 44.6 Å². The monoisotopic (exact) mass is 900 g/mol. The highest BCUT2D eigenvalue weighted by molar-refractivity contribution is 5.73. The van der Waals surface area contributed by atoms with E-state index in [0.717, 1.165) is 5.76 Å². The van der Waals surface area contributed by atoms with E-state index < -0.39 is 102 Å². The van der Waals surface area contributed by atoms with Crippen molar-refractivity contribution in [3.63, 3.8) is 0 Å². The highest BCUT2D eigenvalue weighted by atomic mass is 16.7. The van der Waals surface area contributed by atoms with Gasteiger partial charge in [0.05, 0.1) is 60.8 Å². The zero-order valence-corrected chi connectivity index (χ0v) is 40.3. The molecule has 18 atom stereocenters. The number of aliphatic hydroxyl groups is 4. The molecular weight excluding hydrogens is 819 g/mol. The van der Waals surface area contributed by atoms with Crippen LogP contribution in [0.25, 0.3) is 0 Å². The van der Waals surface area contributed by atoms with Crippen LogP contribution in [0.2, 0.25) is 0 Å². The van der Waals surface area contributed by atoms with Crippen LogP contribution in [0.3, 0.4) is 0 Å². The zero-order valence-electron chi connectivity index (χ0n) is 40.3. The van der Waals surface area contributed by atoms with E-state index in [0.29, 0.717) is 26.1 Å². The third-order valence-corrected chi connectivity index (χ3v) is 13.8. The quantitative estimate of drug-likeness (QED) is 0.142. The minimum absolute atomic E-state index is 0.00335. The predicted octanol–water partition coefficient (Wildman–Crippen LogP) is 3.22. The van der Waals surface area contributed by atoms with Gasteiger partial charge in [-0.05, 0) is 107 Å². The van der Waals surface area contributed by atoms with Crippen LogP contribution >= 0.6 is 0 Å². The number of furan rings is 1. The molecule has 364 valence electrons. The molecule has 1 aromatic rings. The van der Waals surface area contributed by atoms with Crippen molar-refractivity contribution < 1.29 is 67.6 Å². The maximum absolute atomic E-state index is 14.6. The van der Waals surface area contributed by atoms with Gasteiger partial charge in [0.2, 0.25) is 0 Å². The molecule has 4 rings (SSSR count). The van der Waals surface area contributed by atoms with Crippen molar-refractivity contribution in [2.24, 2.45) is 17.8 Å². The molecule has 5 N–H and O–H groups in total. The minimum atomic E-state index is -1.87. The molecule has 0 bridgehead atoms. The van der Waals surface area contributed by atoms with Crippen molar-refractivity contribution in [2.75, 3.05) is 41.3 Å². The lowest BCUT2D eigenvalue weighted by Crippen LogP contribution is -2.61. The Balaban J connectivity index is 1.76. The summed E-state index contributed by atoms with van der Waals surface area (Å²) in [6, 6.07) is 2.73. The van der Waals surface area contributed by atoms with Gasteiger partial charge in [-0.1, -0.05) is 20.8 Å². The summed E-state index contributed by atoms with van der Waals surface area (Å²) in [6.45, 7) is 18.8. The van der Waals surface area contributed by atoms with Gasteiger partial charge >= 0.3 is 11.9 Å². The summed E-state index contributed by atoms with van der Waals surface area (Å²) in [5.41, 5.74) is -4.54. The first-order valence-electron chi connectivity index (χ1n) is 22.8. The Morgan fingerprint density at radius 3 is 2.30 bits per heavy atom. The van der Waals surface area contributed by atoms with E-state index in [1.54, 1.807) is 46.9 Å². The molecular formula is C46H81N3O14. The van der Waals surface area contributed by atoms with Crippen LogP contribution in [0.1, 0.15) is 107 Å². The number of carbonyl (C=O) groups excluding carboxylic acids is 2. The fourth-order valence-corrected chi connectivity index (χ4v) is 9.95. The number of nitrogens with one attached hydrogen (secondary N) is 1. The fourth-order valence-electron chi connectivity index (χ4n) is 9.95. The van der Waals surface area contributed by atoms with Gasteiger partial charge in [0.25, 0.3) is 0 Å². The van der Waals surface area contributed by atoms with Gasteiger partial charge in [0.15, 0.2) is 12.6 Å². The van der Waals surface area contributed by atoms with Crippen LogP contribution in [0, 0.1) is 17.8 Å². The molecule has 63 heavy (non-hydrogen) atoms. The van der Waals surface area contributed by atoms with Crippen molar-refractivity contribution in [1.29, 1.82) is 0 Å². The summed E-state index contributed by atoms with van der Waals surface area (Å²) in [5, 5.41) is 51.1. The lowest BCUT2D eigenvalue weighted by molar-refractivity contribution is -0.318. The third-order valence-electron chi connectivity index (χ3n) is 13.8. The average molecular weight is 900 g/mol. The molecule has 3 fully saturated rings. The second kappa shape index (κ2) is 22.5. The standard InChI is InChI=1S/C46H81N3O14/c1-15-34-46(10,55)41(61-35(50)18-19-47-24-32-17-16-20-57-32)30(6)49(13)25-26(2)22-44(8,54)40(63-43-37(51)33(48(11)12)21-27(3)58-43)28(4)38(29(5)42(53)60-34)62-36-23-45(9,56-14)39(52)31(7)59-36/h16-17,20,26-31,33-34,36-41,43,47,51-52,54-55H,15,18-19,21-25H2,1-14H3/t26-,27-,28+,29-,30-,31+,33+,34-,36+,37-,38+,39+,40-,41-,43+,44+,45-,46-/m1/s1. The van der Waals surface area contributed by atoms with Gasteiger partial charge in [-0.25, -0.2) is 0 Å². The van der Waals surface area contributed by atoms with E-state index >= 15 is 0 Å². The summed E-state index contributed by atoms with van der Waals surface area (Å²) in [7, 11) is 7.12. The number of esters is 2. The van der Waals surface area contributed by atoms with Crippen molar-refractivity contribution in [3.05, 3.63) is 24.2 Å². The largest absolute Gasteiger partial charge is 0.468 e. The molecule has 3 saturated heterocycles. The smallest absolute Gasteiger partial charge is 0.311 e. The summed E-state index contributed by atoms with van der Waals surface area (Å²) < 4.78 is 49.6. The molecule has 0 spiro atoms. The second-order valence-corrected chi connectivity index (χ2v) is 19.6. The van der Waals surface area contributed by atoms with Crippen LogP contribution in [0.5, 0.6) is 0 Å². The number of hydrogen-bond acceptors (Lipinski definition) is 17. The summed E-state index contributed by atoms with van der Waals surface area (Å²) in [6.07, 6.45) is -7.01. The first kappa shape index (κ1) is 53.4. The van der Waals surface area contributed by atoms with Crippen LogP contribution in [-0.4, -0.2) is 174 Å². The molecule has 17 heteroatoms. The fraction of sp³-hybridized carbons (Fsp3) is 0.870. The van der Waals surface area contributed by atoms with E-state index in [1.165, 1.54) is 14.0 Å². The van der Waals surface area contributed by atoms with Crippen molar-refractivity contribution in [1.82, 2.24) is 15.1 Å². The SMILES string of the molecule is CC[C@H]1OC(=O)[C@H](C)[C@@H](O[C@H]2C[C@@](C)(OC)[C@@H](O)[C@H](C)O2)[C@H](C)[C@@H](O[C@@H]2O[C@H](C)C[C@H](N(C)C)[C@H]2O)[C@@](C)(O)C[C@@H](C)CN(C)[C@H](C)[C@@H](OC(=O)CCNCc2ccco2)[C@]1(C)O. The summed E-state index contributed by atoms with van der Waals surface area (Å²) >= 11 is 0. The lowest BCUT2D eigenvalue weighted by Gasteiger charge is -2.48. The Labute approximate surface area is 375 Å². The Hall–Kier alpha value is -2.26. The maximum atomic E-state index is 14.6. The lowest BCUT2D eigenvalue weighted by atomic mass is 9.77. The highest BCUT2D eigenvalue weighted by Gasteiger charge is 2.53. The van der Waals surface area contributed by atoms with E-state index in [4.69, 9.17) is 37.6 Å². The molecule has 0 saturated carbocycles. The van der Waals surface area contributed by atoms with Crippen LogP contribution in [0.4, 0.5) is 0 Å². The van der Waals surface area contributed by atoms with Gasteiger partial charge in [-0.15, -0.1) is 0 Å². The number of hydrogen-bond donors (Lipinski definition) is 5.